The van der Waals surface area contributed by atoms with Gasteiger partial charge in [0.2, 0.25) is 0 Å². The maximum absolute atomic E-state index is 12.2. The van der Waals surface area contributed by atoms with Crippen LogP contribution in [-0.2, 0) is 14.8 Å². The van der Waals surface area contributed by atoms with Gasteiger partial charge in [0.1, 0.15) is 0 Å². The number of carbonyl (C=O) groups excluding carboxylic acids is 1. The van der Waals surface area contributed by atoms with Gasteiger partial charge in [-0.15, -0.1) is 10.2 Å². The summed E-state index contributed by atoms with van der Waals surface area (Å²) >= 11 is 0. The number of carbonyl (C=O) groups is 1. The molecule has 1 heterocycles. The van der Waals surface area contributed by atoms with Crippen molar-refractivity contribution in [1.82, 2.24) is 20.7 Å². The van der Waals surface area contributed by atoms with E-state index >= 15 is 0 Å². The lowest BCUT2D eigenvalue weighted by Gasteiger charge is -2.07. The minimum absolute atomic E-state index is 0.0590. The molecule has 0 radical (unpaired) electrons. The molecule has 0 saturated carbocycles. The molecule has 0 atom stereocenters. The lowest BCUT2D eigenvalue weighted by molar-refractivity contribution is 0.0933. The van der Waals surface area contributed by atoms with E-state index in [9.17, 15) is 13.2 Å². The number of aromatic amines is 1. The number of sulfonamides is 1. The lowest BCUT2D eigenvalue weighted by atomic mass is 10.4. The van der Waals surface area contributed by atoms with Crippen LogP contribution < -0.4 is 10.0 Å². The largest absolute Gasteiger partial charge is 0.383 e. The predicted molar refractivity (Wildman–Crippen MR) is 77.8 cm³/mol. The second-order valence-electron chi connectivity index (χ2n) is 4.19. The number of amides is 1. The van der Waals surface area contributed by atoms with Crippen molar-refractivity contribution in [3.05, 3.63) is 36.0 Å². The number of H-pyrrole nitrogens is 1. The Hall–Kier alpha value is -2.46. The van der Waals surface area contributed by atoms with Gasteiger partial charge in [-0.25, -0.2) is 8.42 Å². The molecule has 0 aliphatic heterocycles. The van der Waals surface area contributed by atoms with Gasteiger partial charge in [0.25, 0.3) is 15.9 Å². The van der Waals surface area contributed by atoms with E-state index in [1.807, 2.05) is 0 Å². The quantitative estimate of drug-likeness (QED) is 0.614. The maximum atomic E-state index is 12.2. The summed E-state index contributed by atoms with van der Waals surface area (Å²) in [6, 6.07) is 7.75. The van der Waals surface area contributed by atoms with E-state index in [0.717, 1.165) is 0 Å². The Morgan fingerprint density at radius 3 is 2.68 bits per heavy atom. The zero-order chi connectivity index (χ0) is 16.0. The fourth-order valence-electron chi connectivity index (χ4n) is 1.60. The molecule has 2 aromatic rings. The van der Waals surface area contributed by atoms with Crippen molar-refractivity contribution in [1.29, 1.82) is 0 Å². The highest BCUT2D eigenvalue weighted by Crippen LogP contribution is 2.15. The number of nitrogens with zero attached hydrogens (tertiary/aromatic N) is 2. The Balaban J connectivity index is 2.15. The van der Waals surface area contributed by atoms with E-state index in [1.165, 1.54) is 19.2 Å². The van der Waals surface area contributed by atoms with Crippen molar-refractivity contribution in [2.75, 3.05) is 25.0 Å². The lowest BCUT2D eigenvalue weighted by Crippen LogP contribution is -2.28. The third kappa shape index (κ3) is 3.80. The summed E-state index contributed by atoms with van der Waals surface area (Å²) in [5, 5.41) is 12.1. The molecule has 1 aromatic heterocycles. The average molecular weight is 325 g/mol. The minimum atomic E-state index is -3.84. The Bertz CT molecular complexity index is 729. The van der Waals surface area contributed by atoms with E-state index in [4.69, 9.17) is 4.74 Å². The van der Waals surface area contributed by atoms with Crippen LogP contribution in [0.3, 0.4) is 0 Å². The molecule has 0 bridgehead atoms. The number of benzene rings is 1. The highest BCUT2D eigenvalue weighted by molar-refractivity contribution is 7.92. The van der Waals surface area contributed by atoms with E-state index in [2.05, 4.69) is 25.4 Å². The second-order valence-corrected chi connectivity index (χ2v) is 5.87. The monoisotopic (exact) mass is 325 g/mol. The van der Waals surface area contributed by atoms with Crippen molar-refractivity contribution >= 4 is 21.7 Å². The number of anilines is 1. The highest BCUT2D eigenvalue weighted by atomic mass is 32.2. The third-order valence-corrected chi connectivity index (χ3v) is 3.99. The van der Waals surface area contributed by atoms with E-state index < -0.39 is 15.9 Å². The van der Waals surface area contributed by atoms with Gasteiger partial charge in [0.15, 0.2) is 11.5 Å². The van der Waals surface area contributed by atoms with Gasteiger partial charge in [-0.1, -0.05) is 18.2 Å². The Morgan fingerprint density at radius 2 is 2.00 bits per heavy atom. The summed E-state index contributed by atoms with van der Waals surface area (Å²) < 4.78 is 31.4. The molecule has 10 heteroatoms. The van der Waals surface area contributed by atoms with Crippen LogP contribution in [0.15, 0.2) is 35.2 Å². The van der Waals surface area contributed by atoms with Gasteiger partial charge >= 0.3 is 0 Å². The van der Waals surface area contributed by atoms with Crippen LogP contribution in [0.5, 0.6) is 0 Å². The summed E-state index contributed by atoms with van der Waals surface area (Å²) in [6.07, 6.45) is 0. The molecule has 118 valence electrons. The molecule has 3 N–H and O–H groups in total. The molecule has 0 unspecified atom stereocenters. The van der Waals surface area contributed by atoms with Crippen LogP contribution >= 0.6 is 0 Å². The Morgan fingerprint density at radius 1 is 1.27 bits per heavy atom. The van der Waals surface area contributed by atoms with E-state index in [-0.39, 0.29) is 23.0 Å². The first-order valence-corrected chi connectivity index (χ1v) is 7.78. The van der Waals surface area contributed by atoms with Gasteiger partial charge in [-0.05, 0) is 12.1 Å². The standard InChI is InChI=1S/C12H15N5O4S/c1-21-8-7-13-12(18)10-11(15-17-14-10)16-22(19,20)9-5-3-2-4-6-9/h2-6H,7-8H2,1H3,(H,13,18)(H2,14,15,16,17). The van der Waals surface area contributed by atoms with Gasteiger partial charge in [-0.3, -0.25) is 9.52 Å². The SMILES string of the molecule is COCCNC(=O)c1n[nH]nc1NS(=O)(=O)c1ccccc1. The van der Waals surface area contributed by atoms with Crippen LogP contribution in [0, 0.1) is 0 Å². The summed E-state index contributed by atoms with van der Waals surface area (Å²) in [5.41, 5.74) is -0.143. The van der Waals surface area contributed by atoms with Crippen LogP contribution in [0.4, 0.5) is 5.82 Å². The van der Waals surface area contributed by atoms with Gasteiger partial charge in [-0.2, -0.15) is 5.21 Å². The number of aromatic nitrogens is 3. The molecule has 0 saturated heterocycles. The van der Waals surface area contributed by atoms with E-state index in [0.29, 0.717) is 6.61 Å². The van der Waals surface area contributed by atoms with Crippen LogP contribution in [-0.4, -0.2) is 50.0 Å². The molecule has 22 heavy (non-hydrogen) atoms. The molecular formula is C12H15N5O4S. The molecule has 0 fully saturated rings. The van der Waals surface area contributed by atoms with Crippen LogP contribution in [0.1, 0.15) is 10.5 Å². The van der Waals surface area contributed by atoms with Crippen LogP contribution in [0.25, 0.3) is 0 Å². The van der Waals surface area contributed by atoms with Crippen molar-refractivity contribution in [2.45, 2.75) is 4.90 Å². The zero-order valence-corrected chi connectivity index (χ0v) is 12.6. The highest BCUT2D eigenvalue weighted by Gasteiger charge is 2.22. The molecule has 1 aromatic carbocycles. The number of rotatable bonds is 7. The molecule has 0 aliphatic carbocycles. The topological polar surface area (TPSA) is 126 Å². The minimum Gasteiger partial charge on any atom is -0.383 e. The van der Waals surface area contributed by atoms with Gasteiger partial charge in [0, 0.05) is 13.7 Å². The molecular weight excluding hydrogens is 310 g/mol. The molecule has 2 rings (SSSR count). The molecule has 9 nitrogen and oxygen atoms in total. The summed E-state index contributed by atoms with van der Waals surface area (Å²) in [4.78, 5) is 12.0. The molecule has 0 spiro atoms. The first-order chi connectivity index (χ1) is 10.5. The number of nitrogens with one attached hydrogen (secondary N) is 3. The Kier molecular flexibility index (Phi) is 5.07. The average Bonchev–Trinajstić information content (AvgIpc) is 2.96. The normalized spacial score (nSPS) is 11.1. The van der Waals surface area contributed by atoms with Crippen LogP contribution in [0.2, 0.25) is 0 Å². The Labute approximate surface area is 127 Å². The number of hydrogen-bond donors (Lipinski definition) is 3. The molecule has 1 amide bonds. The fraction of sp³-hybridized carbons (Fsp3) is 0.250. The molecule has 0 aliphatic rings. The first-order valence-electron chi connectivity index (χ1n) is 6.30. The van der Waals surface area contributed by atoms with Crippen molar-refractivity contribution in [3.63, 3.8) is 0 Å². The number of hydrogen-bond acceptors (Lipinski definition) is 6. The maximum Gasteiger partial charge on any atom is 0.275 e. The summed E-state index contributed by atoms with van der Waals surface area (Å²) in [5.74, 6) is -0.727. The predicted octanol–water partition coefficient (Wildman–Crippen LogP) is -0.0183. The van der Waals surface area contributed by atoms with E-state index in [1.54, 1.807) is 18.2 Å². The summed E-state index contributed by atoms with van der Waals surface area (Å²) in [7, 11) is -2.34. The van der Waals surface area contributed by atoms with Crippen molar-refractivity contribution in [2.24, 2.45) is 0 Å². The smallest absolute Gasteiger partial charge is 0.275 e. The van der Waals surface area contributed by atoms with Gasteiger partial charge in [0.05, 0.1) is 11.5 Å². The first kappa shape index (κ1) is 15.9. The van der Waals surface area contributed by atoms with Crippen molar-refractivity contribution in [3.8, 4) is 0 Å². The third-order valence-electron chi connectivity index (χ3n) is 2.64. The second kappa shape index (κ2) is 7.00. The van der Waals surface area contributed by atoms with Gasteiger partial charge < -0.3 is 10.1 Å². The van der Waals surface area contributed by atoms with Crippen molar-refractivity contribution < 1.29 is 17.9 Å². The zero-order valence-electron chi connectivity index (χ0n) is 11.7. The fourth-order valence-corrected chi connectivity index (χ4v) is 2.63. The number of ether oxygens (including phenoxy) is 1. The summed E-state index contributed by atoms with van der Waals surface area (Å²) in [6.45, 7) is 0.599. The number of methoxy groups -OCH3 is 1.